The lowest BCUT2D eigenvalue weighted by Crippen LogP contribution is -2.33. The first-order valence-corrected chi connectivity index (χ1v) is 6.01. The van der Waals surface area contributed by atoms with E-state index in [2.05, 4.69) is 12.1 Å². The van der Waals surface area contributed by atoms with Crippen LogP contribution < -0.4 is 10.6 Å². The normalized spacial score (nSPS) is 19.4. The zero-order chi connectivity index (χ0) is 12.8. The molecule has 1 heterocycles. The zero-order valence-corrected chi connectivity index (χ0v) is 10.9. The summed E-state index contributed by atoms with van der Waals surface area (Å²) in [5, 5.41) is 0. The van der Waals surface area contributed by atoms with Crippen molar-refractivity contribution >= 4 is 11.6 Å². The Balaban J connectivity index is 2.47. The van der Waals surface area contributed by atoms with Crippen LogP contribution in [0.2, 0.25) is 0 Å². The van der Waals surface area contributed by atoms with Crippen molar-refractivity contribution in [3.05, 3.63) is 29.3 Å². The summed E-state index contributed by atoms with van der Waals surface area (Å²) in [5.74, 6) is 0.158. The minimum Gasteiger partial charge on any atom is -0.328 e. The number of carbonyl (C=O) groups is 1. The van der Waals surface area contributed by atoms with Crippen molar-refractivity contribution in [2.24, 2.45) is 5.73 Å². The van der Waals surface area contributed by atoms with E-state index in [9.17, 15) is 4.79 Å². The van der Waals surface area contributed by atoms with Gasteiger partial charge in [-0.15, -0.1) is 0 Å². The number of carbonyl (C=O) groups excluding carboxylic acids is 1. The quantitative estimate of drug-likeness (QED) is 0.845. The first-order chi connectivity index (χ1) is 7.84. The number of rotatable bonds is 2. The van der Waals surface area contributed by atoms with E-state index in [0.29, 0.717) is 0 Å². The molecule has 3 heteroatoms. The minimum absolute atomic E-state index is 0.144. The Labute approximate surface area is 103 Å². The van der Waals surface area contributed by atoms with E-state index in [-0.39, 0.29) is 11.9 Å². The summed E-state index contributed by atoms with van der Waals surface area (Å²) in [6.45, 7) is 5.95. The molecule has 0 saturated heterocycles. The zero-order valence-electron chi connectivity index (χ0n) is 10.9. The molecule has 0 saturated carbocycles. The van der Waals surface area contributed by atoms with Crippen LogP contribution in [0.25, 0.3) is 0 Å². The summed E-state index contributed by atoms with van der Waals surface area (Å²) in [7, 11) is 1.83. The monoisotopic (exact) mass is 232 g/mol. The Bertz CT molecular complexity index is 463. The van der Waals surface area contributed by atoms with Crippen LogP contribution in [0, 0.1) is 0 Å². The molecule has 2 rings (SSSR count). The van der Waals surface area contributed by atoms with E-state index in [1.54, 1.807) is 4.90 Å². The largest absolute Gasteiger partial charge is 0.328 e. The molecular weight excluding hydrogens is 212 g/mol. The van der Waals surface area contributed by atoms with Gasteiger partial charge < -0.3 is 10.6 Å². The molecule has 17 heavy (non-hydrogen) atoms. The molecule has 0 spiro atoms. The lowest BCUT2D eigenvalue weighted by Gasteiger charge is -2.17. The second-order valence-corrected chi connectivity index (χ2v) is 5.52. The molecule has 1 atom stereocenters. The molecule has 0 radical (unpaired) electrons. The summed E-state index contributed by atoms with van der Waals surface area (Å²) in [5.41, 5.74) is 8.74. The Morgan fingerprint density at radius 2 is 2.06 bits per heavy atom. The maximum Gasteiger partial charge on any atom is 0.236 e. The Morgan fingerprint density at radius 3 is 2.65 bits per heavy atom. The Hall–Kier alpha value is -1.35. The molecule has 1 aliphatic rings. The maximum absolute atomic E-state index is 12.1. The molecule has 1 aliphatic heterocycles. The topological polar surface area (TPSA) is 46.3 Å². The van der Waals surface area contributed by atoms with Gasteiger partial charge in [-0.05, 0) is 44.4 Å². The van der Waals surface area contributed by atoms with Crippen molar-refractivity contribution in [1.29, 1.82) is 0 Å². The predicted octanol–water partition coefficient (Wildman–Crippen LogP) is 1.83. The van der Waals surface area contributed by atoms with Gasteiger partial charge in [0.2, 0.25) is 5.91 Å². The average Bonchev–Trinajstić information content (AvgIpc) is 2.40. The van der Waals surface area contributed by atoms with Gasteiger partial charge in [0.25, 0.3) is 0 Å². The summed E-state index contributed by atoms with van der Waals surface area (Å²) >= 11 is 0. The highest BCUT2D eigenvalue weighted by molar-refractivity contribution is 6.07. The molecule has 0 aromatic heterocycles. The maximum atomic E-state index is 12.1. The van der Waals surface area contributed by atoms with Crippen LogP contribution >= 0.6 is 0 Å². The third-order valence-electron chi connectivity index (χ3n) is 3.49. The molecule has 1 amide bonds. The number of hydrogen-bond donors (Lipinski definition) is 1. The molecule has 1 unspecified atom stereocenters. The van der Waals surface area contributed by atoms with Crippen LogP contribution in [0.1, 0.15) is 31.9 Å². The van der Waals surface area contributed by atoms with Crippen LogP contribution in [0.5, 0.6) is 0 Å². The fraction of sp³-hybridized carbons (Fsp3) is 0.500. The number of benzene rings is 1. The number of fused-ring (bicyclic) bond motifs is 1. The highest BCUT2D eigenvalue weighted by atomic mass is 16.2. The van der Waals surface area contributed by atoms with Gasteiger partial charge in [-0.2, -0.15) is 0 Å². The predicted molar refractivity (Wildman–Crippen MR) is 70.2 cm³/mol. The Kier molecular flexibility index (Phi) is 2.74. The number of hydrogen-bond acceptors (Lipinski definition) is 2. The van der Waals surface area contributed by atoms with E-state index in [1.165, 1.54) is 5.56 Å². The van der Waals surface area contributed by atoms with Crippen LogP contribution in [0.4, 0.5) is 5.69 Å². The highest BCUT2D eigenvalue weighted by Crippen LogP contribution is 2.41. The van der Waals surface area contributed by atoms with Crippen molar-refractivity contribution in [3.63, 3.8) is 0 Å². The lowest BCUT2D eigenvalue weighted by atomic mass is 9.85. The third-order valence-corrected chi connectivity index (χ3v) is 3.49. The van der Waals surface area contributed by atoms with E-state index in [1.807, 2.05) is 33.9 Å². The van der Waals surface area contributed by atoms with E-state index < -0.39 is 5.41 Å². The summed E-state index contributed by atoms with van der Waals surface area (Å²) in [6, 6.07) is 6.36. The molecule has 3 nitrogen and oxygen atoms in total. The molecule has 1 aromatic carbocycles. The molecule has 0 aliphatic carbocycles. The third kappa shape index (κ3) is 1.84. The van der Waals surface area contributed by atoms with Crippen molar-refractivity contribution in [2.45, 2.75) is 38.6 Å². The van der Waals surface area contributed by atoms with Gasteiger partial charge in [0, 0.05) is 18.8 Å². The molecule has 0 fully saturated rings. The fourth-order valence-electron chi connectivity index (χ4n) is 2.52. The van der Waals surface area contributed by atoms with Crippen LogP contribution in [-0.4, -0.2) is 19.0 Å². The second kappa shape index (κ2) is 3.84. The van der Waals surface area contributed by atoms with Crippen molar-refractivity contribution in [2.75, 3.05) is 11.9 Å². The van der Waals surface area contributed by atoms with E-state index in [0.717, 1.165) is 17.7 Å². The van der Waals surface area contributed by atoms with Crippen molar-refractivity contribution in [3.8, 4) is 0 Å². The minimum atomic E-state index is -0.419. The van der Waals surface area contributed by atoms with E-state index in [4.69, 9.17) is 5.73 Å². The molecule has 1 aromatic rings. The SMILES string of the molecule is CC(N)Cc1ccc2c(c1)C(C)(C)C(=O)N2C. The van der Waals surface area contributed by atoms with Crippen molar-refractivity contribution in [1.82, 2.24) is 0 Å². The number of anilines is 1. The van der Waals surface area contributed by atoms with Gasteiger partial charge >= 0.3 is 0 Å². The first-order valence-electron chi connectivity index (χ1n) is 6.01. The van der Waals surface area contributed by atoms with Gasteiger partial charge in [-0.25, -0.2) is 0 Å². The lowest BCUT2D eigenvalue weighted by molar-refractivity contribution is -0.121. The number of likely N-dealkylation sites (N-methyl/N-ethyl adjacent to an activating group) is 1. The van der Waals surface area contributed by atoms with Crippen LogP contribution in [0.3, 0.4) is 0 Å². The summed E-state index contributed by atoms with van der Waals surface area (Å²) < 4.78 is 0. The molecule has 0 bridgehead atoms. The van der Waals surface area contributed by atoms with E-state index >= 15 is 0 Å². The highest BCUT2D eigenvalue weighted by Gasteiger charge is 2.42. The average molecular weight is 232 g/mol. The Morgan fingerprint density at radius 1 is 1.41 bits per heavy atom. The van der Waals surface area contributed by atoms with Crippen LogP contribution in [-0.2, 0) is 16.6 Å². The molecule has 92 valence electrons. The van der Waals surface area contributed by atoms with Gasteiger partial charge in [0.1, 0.15) is 0 Å². The standard InChI is InChI=1S/C14H20N2O/c1-9(15)7-10-5-6-12-11(8-10)14(2,3)13(17)16(12)4/h5-6,8-9H,7,15H2,1-4H3. The summed E-state index contributed by atoms with van der Waals surface area (Å²) in [6.07, 6.45) is 0.848. The number of nitrogens with two attached hydrogens (primary N) is 1. The van der Waals surface area contributed by atoms with Gasteiger partial charge in [-0.1, -0.05) is 12.1 Å². The smallest absolute Gasteiger partial charge is 0.236 e. The molecular formula is C14H20N2O. The summed E-state index contributed by atoms with van der Waals surface area (Å²) in [4.78, 5) is 13.9. The fourth-order valence-corrected chi connectivity index (χ4v) is 2.52. The van der Waals surface area contributed by atoms with Gasteiger partial charge in [0.15, 0.2) is 0 Å². The second-order valence-electron chi connectivity index (χ2n) is 5.52. The number of nitrogens with zero attached hydrogens (tertiary/aromatic N) is 1. The van der Waals surface area contributed by atoms with Gasteiger partial charge in [-0.3, -0.25) is 4.79 Å². The first kappa shape index (κ1) is 12.1. The van der Waals surface area contributed by atoms with Crippen LogP contribution in [0.15, 0.2) is 18.2 Å². The van der Waals surface area contributed by atoms with Gasteiger partial charge in [0.05, 0.1) is 5.41 Å². The van der Waals surface area contributed by atoms with Crippen molar-refractivity contribution < 1.29 is 4.79 Å². The molecule has 2 N–H and O–H groups in total. The number of amides is 1.